The Morgan fingerprint density at radius 2 is 1.88 bits per heavy atom. The Morgan fingerprint density at radius 1 is 1.16 bits per heavy atom. The number of likely N-dealkylation sites (tertiary alicyclic amines) is 2. The van der Waals surface area contributed by atoms with Crippen LogP contribution in [0.5, 0.6) is 5.75 Å². The Kier molecular flexibility index (Phi) is 6.58. The Hall–Kier alpha value is -3.16. The van der Waals surface area contributed by atoms with E-state index in [1.54, 1.807) is 12.0 Å². The van der Waals surface area contributed by atoms with E-state index in [0.29, 0.717) is 32.0 Å². The third-order valence-corrected chi connectivity index (χ3v) is 6.34. The number of piperidine rings is 1. The lowest BCUT2D eigenvalue weighted by Gasteiger charge is -2.33. The van der Waals surface area contributed by atoms with E-state index in [9.17, 15) is 9.59 Å². The zero-order valence-electron chi connectivity index (χ0n) is 19.1. The van der Waals surface area contributed by atoms with Crippen LogP contribution in [0.1, 0.15) is 37.3 Å². The molecule has 2 saturated heterocycles. The number of benzene rings is 1. The predicted octanol–water partition coefficient (Wildman–Crippen LogP) is 2.55. The van der Waals surface area contributed by atoms with Crippen molar-refractivity contribution in [2.45, 2.75) is 31.6 Å². The molecule has 32 heavy (non-hydrogen) atoms. The molecule has 1 aromatic carbocycles. The number of ether oxygens (including phenoxy) is 1. The van der Waals surface area contributed by atoms with Gasteiger partial charge in [0.1, 0.15) is 5.75 Å². The van der Waals surface area contributed by atoms with Crippen LogP contribution < -0.4 is 9.64 Å². The molecular formula is C24H31N5O3. The van der Waals surface area contributed by atoms with Crippen molar-refractivity contribution in [3.63, 3.8) is 0 Å². The van der Waals surface area contributed by atoms with Gasteiger partial charge in [-0.1, -0.05) is 12.1 Å². The molecule has 2 aliphatic heterocycles. The van der Waals surface area contributed by atoms with Crippen molar-refractivity contribution in [3.05, 3.63) is 36.2 Å². The van der Waals surface area contributed by atoms with Crippen LogP contribution in [0.2, 0.25) is 0 Å². The van der Waals surface area contributed by atoms with Crippen LogP contribution in [-0.2, 0) is 9.59 Å². The van der Waals surface area contributed by atoms with E-state index in [4.69, 9.17) is 9.72 Å². The molecule has 0 bridgehead atoms. The average Bonchev–Trinajstić information content (AvgIpc) is 3.23. The fourth-order valence-electron chi connectivity index (χ4n) is 4.44. The summed E-state index contributed by atoms with van der Waals surface area (Å²) in [5.41, 5.74) is 3.10. The van der Waals surface area contributed by atoms with Gasteiger partial charge in [-0.05, 0) is 37.0 Å². The second-order valence-electron chi connectivity index (χ2n) is 8.67. The van der Waals surface area contributed by atoms with Gasteiger partial charge in [0.25, 0.3) is 0 Å². The normalized spacial score (nSPS) is 17.0. The summed E-state index contributed by atoms with van der Waals surface area (Å²) in [7, 11) is 5.53. The number of carbonyl (C=O) groups excluding carboxylic acids is 2. The van der Waals surface area contributed by atoms with Crippen molar-refractivity contribution in [2.75, 3.05) is 52.3 Å². The molecule has 2 fully saturated rings. The highest BCUT2D eigenvalue weighted by molar-refractivity contribution is 5.86. The van der Waals surface area contributed by atoms with Gasteiger partial charge in [-0.3, -0.25) is 9.59 Å². The minimum atomic E-state index is 0.0470. The van der Waals surface area contributed by atoms with E-state index in [1.165, 1.54) is 0 Å². The largest absolute Gasteiger partial charge is 0.497 e. The lowest BCUT2D eigenvalue weighted by atomic mass is 9.89. The molecule has 0 radical (unpaired) electrons. The summed E-state index contributed by atoms with van der Waals surface area (Å²) in [6, 6.07) is 7.95. The van der Waals surface area contributed by atoms with Gasteiger partial charge in [-0.2, -0.15) is 0 Å². The van der Waals surface area contributed by atoms with Gasteiger partial charge in [-0.15, -0.1) is 0 Å². The highest BCUT2D eigenvalue weighted by atomic mass is 16.5. The van der Waals surface area contributed by atoms with Crippen molar-refractivity contribution in [1.29, 1.82) is 0 Å². The molecule has 2 aromatic rings. The molecule has 2 amide bonds. The van der Waals surface area contributed by atoms with Crippen molar-refractivity contribution in [1.82, 2.24) is 19.8 Å². The summed E-state index contributed by atoms with van der Waals surface area (Å²) in [5, 5.41) is 0. The van der Waals surface area contributed by atoms with Gasteiger partial charge in [0.05, 0.1) is 19.3 Å². The van der Waals surface area contributed by atoms with Crippen LogP contribution >= 0.6 is 0 Å². The molecular weight excluding hydrogens is 406 g/mol. The van der Waals surface area contributed by atoms with Gasteiger partial charge >= 0.3 is 0 Å². The molecule has 0 aliphatic carbocycles. The number of anilines is 1. The molecule has 0 saturated carbocycles. The van der Waals surface area contributed by atoms with Gasteiger partial charge in [0.15, 0.2) is 0 Å². The Morgan fingerprint density at radius 3 is 2.47 bits per heavy atom. The molecule has 0 unspecified atom stereocenters. The third kappa shape index (κ3) is 4.69. The quantitative estimate of drug-likeness (QED) is 0.691. The summed E-state index contributed by atoms with van der Waals surface area (Å²) < 4.78 is 5.29. The maximum atomic E-state index is 12.7. The first-order chi connectivity index (χ1) is 15.5. The zero-order chi connectivity index (χ0) is 22.7. The van der Waals surface area contributed by atoms with Crippen LogP contribution in [0.15, 0.2) is 30.5 Å². The van der Waals surface area contributed by atoms with E-state index in [2.05, 4.69) is 4.98 Å². The first-order valence-corrected chi connectivity index (χ1v) is 11.2. The van der Waals surface area contributed by atoms with Crippen LogP contribution in [0.25, 0.3) is 11.1 Å². The highest BCUT2D eigenvalue weighted by Gasteiger charge is 2.30. The molecule has 170 valence electrons. The van der Waals surface area contributed by atoms with Gasteiger partial charge in [0, 0.05) is 57.8 Å². The molecule has 0 atom stereocenters. The molecule has 3 heterocycles. The topological polar surface area (TPSA) is 78.9 Å². The smallest absolute Gasteiger partial charge is 0.242 e. The molecule has 0 spiro atoms. The van der Waals surface area contributed by atoms with Crippen molar-refractivity contribution < 1.29 is 14.3 Å². The first-order valence-electron chi connectivity index (χ1n) is 11.2. The van der Waals surface area contributed by atoms with E-state index in [1.807, 2.05) is 54.4 Å². The van der Waals surface area contributed by atoms with Gasteiger partial charge < -0.3 is 19.4 Å². The number of nitrogens with zero attached hydrogens (tertiary/aromatic N) is 5. The van der Waals surface area contributed by atoms with E-state index < -0.39 is 0 Å². The van der Waals surface area contributed by atoms with E-state index in [0.717, 1.165) is 41.8 Å². The number of hydrogen-bond donors (Lipinski definition) is 0. The minimum Gasteiger partial charge on any atom is -0.497 e. The highest BCUT2D eigenvalue weighted by Crippen LogP contribution is 2.35. The molecule has 2 aliphatic rings. The molecule has 1 aromatic heterocycles. The molecule has 0 N–H and O–H groups in total. The standard InChI is InChI=1S/C24H31N5O3/c1-27(2)24-25-15-20(17-6-8-19(32-3)9-7-17)23(26-24)18-10-13-28(14-11-18)22(31)16-29-12-4-5-21(29)30/h6-9,15,18H,4-5,10-14,16H2,1-3H3. The minimum absolute atomic E-state index is 0.0470. The number of amides is 2. The summed E-state index contributed by atoms with van der Waals surface area (Å²) in [6.07, 6.45) is 4.99. The fourth-order valence-corrected chi connectivity index (χ4v) is 4.44. The van der Waals surface area contributed by atoms with Crippen LogP contribution in [-0.4, -0.2) is 79.0 Å². The van der Waals surface area contributed by atoms with Crippen LogP contribution in [0.3, 0.4) is 0 Å². The summed E-state index contributed by atoms with van der Waals surface area (Å²) in [4.78, 5) is 39.5. The maximum Gasteiger partial charge on any atom is 0.242 e. The van der Waals surface area contributed by atoms with Crippen molar-refractivity contribution in [2.24, 2.45) is 0 Å². The maximum absolute atomic E-state index is 12.7. The van der Waals surface area contributed by atoms with Crippen molar-refractivity contribution >= 4 is 17.8 Å². The summed E-state index contributed by atoms with van der Waals surface area (Å²) in [5.74, 6) is 1.87. The van der Waals surface area contributed by atoms with Crippen LogP contribution in [0, 0.1) is 0 Å². The average molecular weight is 438 g/mol. The molecule has 8 nitrogen and oxygen atoms in total. The number of hydrogen-bond acceptors (Lipinski definition) is 6. The predicted molar refractivity (Wildman–Crippen MR) is 123 cm³/mol. The van der Waals surface area contributed by atoms with E-state index in [-0.39, 0.29) is 24.3 Å². The van der Waals surface area contributed by atoms with Crippen molar-refractivity contribution in [3.8, 4) is 16.9 Å². The van der Waals surface area contributed by atoms with Gasteiger partial charge in [0.2, 0.25) is 17.8 Å². The lowest BCUT2D eigenvalue weighted by Crippen LogP contribution is -2.44. The zero-order valence-corrected chi connectivity index (χ0v) is 19.1. The summed E-state index contributed by atoms with van der Waals surface area (Å²) in [6.45, 7) is 2.25. The second kappa shape index (κ2) is 9.54. The first kappa shape index (κ1) is 22.0. The third-order valence-electron chi connectivity index (χ3n) is 6.34. The summed E-state index contributed by atoms with van der Waals surface area (Å²) >= 11 is 0. The Balaban J connectivity index is 1.50. The SMILES string of the molecule is COc1ccc(-c2cnc(N(C)C)nc2C2CCN(C(=O)CN3CCCC3=O)CC2)cc1. The number of carbonyl (C=O) groups is 2. The monoisotopic (exact) mass is 437 g/mol. The van der Waals surface area contributed by atoms with E-state index >= 15 is 0 Å². The Bertz CT molecular complexity index is 968. The molecule has 8 heteroatoms. The second-order valence-corrected chi connectivity index (χ2v) is 8.67. The lowest BCUT2D eigenvalue weighted by molar-refractivity contribution is -0.139. The Labute approximate surface area is 189 Å². The van der Waals surface area contributed by atoms with Gasteiger partial charge in [-0.25, -0.2) is 9.97 Å². The number of rotatable bonds is 6. The number of methoxy groups -OCH3 is 1. The van der Waals surface area contributed by atoms with Crippen LogP contribution in [0.4, 0.5) is 5.95 Å². The number of aromatic nitrogens is 2. The molecule has 4 rings (SSSR count). The fraction of sp³-hybridized carbons (Fsp3) is 0.500.